The minimum absolute atomic E-state index is 0.141. The molecule has 1 aliphatic heterocycles. The summed E-state index contributed by atoms with van der Waals surface area (Å²) in [6.45, 7) is 0.311. The highest BCUT2D eigenvalue weighted by atomic mass is 79.9. The highest BCUT2D eigenvalue weighted by molar-refractivity contribution is 9.10. The maximum atomic E-state index is 12.9. The molecule has 6 nitrogen and oxygen atoms in total. The van der Waals surface area contributed by atoms with Crippen LogP contribution in [0.4, 0.5) is 10.5 Å². The van der Waals surface area contributed by atoms with Crippen molar-refractivity contribution in [3.05, 3.63) is 99.0 Å². The lowest BCUT2D eigenvalue weighted by atomic mass is 10.1. The van der Waals surface area contributed by atoms with Gasteiger partial charge in [0.2, 0.25) is 0 Å². The first kappa shape index (κ1) is 21.8. The summed E-state index contributed by atoms with van der Waals surface area (Å²) in [6.07, 6.45) is 1.44. The number of carbonyl (C=O) groups excluding carboxylic acids is 3. The Morgan fingerprint density at radius 3 is 2.31 bits per heavy atom. The number of carbonyl (C=O) groups is 3. The molecule has 0 spiro atoms. The first-order valence-electron chi connectivity index (χ1n) is 9.55. The highest BCUT2D eigenvalue weighted by Crippen LogP contribution is 2.24. The number of halogens is 2. The Bertz CT molecular complexity index is 1220. The first-order valence-corrected chi connectivity index (χ1v) is 10.7. The summed E-state index contributed by atoms with van der Waals surface area (Å²) in [5.74, 6) is -0.828. The SMILES string of the molecule is O=C1NC(=O)N(c2ccc(Br)cc2)C(=O)/C1=C\c1ccc(OCc2ccccc2Cl)cc1. The van der Waals surface area contributed by atoms with E-state index >= 15 is 0 Å². The van der Waals surface area contributed by atoms with Crippen molar-refractivity contribution < 1.29 is 19.1 Å². The van der Waals surface area contributed by atoms with Crippen molar-refractivity contribution >= 4 is 57.1 Å². The summed E-state index contributed by atoms with van der Waals surface area (Å²) in [6, 6.07) is 20.1. The summed E-state index contributed by atoms with van der Waals surface area (Å²) in [4.78, 5) is 38.4. The van der Waals surface area contributed by atoms with Gasteiger partial charge in [-0.3, -0.25) is 14.9 Å². The van der Waals surface area contributed by atoms with E-state index in [1.807, 2.05) is 18.2 Å². The number of barbiturate groups is 1. The van der Waals surface area contributed by atoms with Gasteiger partial charge in [-0.05, 0) is 54.1 Å². The zero-order valence-electron chi connectivity index (χ0n) is 16.5. The number of anilines is 1. The molecule has 1 N–H and O–H groups in total. The second kappa shape index (κ2) is 9.38. The minimum atomic E-state index is -0.789. The van der Waals surface area contributed by atoms with Crippen LogP contribution in [0.3, 0.4) is 0 Å². The van der Waals surface area contributed by atoms with Crippen molar-refractivity contribution in [3.8, 4) is 5.75 Å². The smallest absolute Gasteiger partial charge is 0.335 e. The van der Waals surface area contributed by atoms with Gasteiger partial charge in [0, 0.05) is 15.1 Å². The van der Waals surface area contributed by atoms with Crippen LogP contribution in [0, 0.1) is 0 Å². The molecular weight excluding hydrogens is 496 g/mol. The fraction of sp³-hybridized carbons (Fsp3) is 0.0417. The summed E-state index contributed by atoms with van der Waals surface area (Å²) >= 11 is 9.45. The van der Waals surface area contributed by atoms with Gasteiger partial charge in [-0.25, -0.2) is 9.69 Å². The Morgan fingerprint density at radius 1 is 0.938 bits per heavy atom. The first-order chi connectivity index (χ1) is 15.4. The van der Waals surface area contributed by atoms with Crippen LogP contribution in [0.2, 0.25) is 5.02 Å². The number of rotatable bonds is 5. The molecule has 0 bridgehead atoms. The molecule has 32 heavy (non-hydrogen) atoms. The molecule has 160 valence electrons. The third-order valence-corrected chi connectivity index (χ3v) is 5.63. The molecule has 3 aromatic carbocycles. The monoisotopic (exact) mass is 510 g/mol. The molecule has 1 fully saturated rings. The van der Waals surface area contributed by atoms with E-state index < -0.39 is 17.8 Å². The van der Waals surface area contributed by atoms with Crippen molar-refractivity contribution in [2.75, 3.05) is 4.90 Å². The van der Waals surface area contributed by atoms with E-state index in [4.69, 9.17) is 16.3 Å². The van der Waals surface area contributed by atoms with Gasteiger partial charge in [0.15, 0.2) is 0 Å². The van der Waals surface area contributed by atoms with E-state index in [0.717, 1.165) is 14.9 Å². The number of amides is 4. The van der Waals surface area contributed by atoms with Gasteiger partial charge < -0.3 is 4.74 Å². The quantitative estimate of drug-likeness (QED) is 0.370. The van der Waals surface area contributed by atoms with E-state index in [9.17, 15) is 14.4 Å². The lowest BCUT2D eigenvalue weighted by molar-refractivity contribution is -0.122. The number of imide groups is 2. The Labute approximate surface area is 197 Å². The third kappa shape index (κ3) is 4.74. The molecule has 0 aromatic heterocycles. The van der Waals surface area contributed by atoms with Gasteiger partial charge in [0.1, 0.15) is 17.9 Å². The largest absolute Gasteiger partial charge is 0.489 e. The van der Waals surface area contributed by atoms with Crippen LogP contribution in [-0.2, 0) is 16.2 Å². The fourth-order valence-corrected chi connectivity index (χ4v) is 3.54. The van der Waals surface area contributed by atoms with Crippen LogP contribution in [0.1, 0.15) is 11.1 Å². The van der Waals surface area contributed by atoms with Crippen molar-refractivity contribution in [1.82, 2.24) is 5.32 Å². The number of nitrogens with zero attached hydrogens (tertiary/aromatic N) is 1. The number of benzene rings is 3. The van der Waals surface area contributed by atoms with Crippen LogP contribution in [-0.4, -0.2) is 17.8 Å². The molecule has 8 heteroatoms. The Balaban J connectivity index is 1.52. The van der Waals surface area contributed by atoms with E-state index in [2.05, 4.69) is 21.2 Å². The standard InChI is InChI=1S/C24H16BrClN2O4/c25-17-7-9-18(10-8-17)28-23(30)20(22(29)27-24(28)31)13-15-5-11-19(12-6-15)32-14-16-3-1-2-4-21(16)26/h1-13H,14H2,(H,27,29,31)/b20-13-. The zero-order chi connectivity index (χ0) is 22.7. The van der Waals surface area contributed by atoms with Crippen LogP contribution in [0.15, 0.2) is 82.8 Å². The second-order valence-corrected chi connectivity index (χ2v) is 8.21. The van der Waals surface area contributed by atoms with E-state index in [-0.39, 0.29) is 5.57 Å². The highest BCUT2D eigenvalue weighted by Gasteiger charge is 2.36. The molecule has 3 aromatic rings. The molecule has 4 rings (SSSR count). The summed E-state index contributed by atoms with van der Waals surface area (Å²) < 4.78 is 6.55. The predicted molar refractivity (Wildman–Crippen MR) is 125 cm³/mol. The number of urea groups is 1. The van der Waals surface area contributed by atoms with Gasteiger partial charge >= 0.3 is 6.03 Å². The molecule has 1 heterocycles. The summed E-state index contributed by atoms with van der Waals surface area (Å²) in [7, 11) is 0. The fourth-order valence-electron chi connectivity index (χ4n) is 3.09. The zero-order valence-corrected chi connectivity index (χ0v) is 18.9. The maximum Gasteiger partial charge on any atom is 0.335 e. The predicted octanol–water partition coefficient (Wildman–Crippen LogP) is 5.35. The normalized spacial score (nSPS) is 15.1. The lowest BCUT2D eigenvalue weighted by Crippen LogP contribution is -2.54. The van der Waals surface area contributed by atoms with E-state index in [1.54, 1.807) is 54.6 Å². The molecule has 0 aliphatic carbocycles. The summed E-state index contributed by atoms with van der Waals surface area (Å²) in [5.41, 5.74) is 1.69. The Hall–Kier alpha value is -3.42. The maximum absolute atomic E-state index is 12.9. The Morgan fingerprint density at radius 2 is 1.62 bits per heavy atom. The average Bonchev–Trinajstić information content (AvgIpc) is 2.78. The number of hydrogen-bond donors (Lipinski definition) is 1. The Kier molecular flexibility index (Phi) is 6.39. The van der Waals surface area contributed by atoms with Crippen molar-refractivity contribution in [2.24, 2.45) is 0 Å². The number of nitrogens with one attached hydrogen (secondary N) is 1. The van der Waals surface area contributed by atoms with E-state index in [0.29, 0.717) is 28.6 Å². The summed E-state index contributed by atoms with van der Waals surface area (Å²) in [5, 5.41) is 2.83. The second-order valence-electron chi connectivity index (χ2n) is 6.88. The minimum Gasteiger partial charge on any atom is -0.489 e. The van der Waals surface area contributed by atoms with Gasteiger partial charge in [0.05, 0.1) is 5.69 Å². The average molecular weight is 512 g/mol. The number of ether oxygens (including phenoxy) is 1. The lowest BCUT2D eigenvalue weighted by Gasteiger charge is -2.26. The molecule has 0 saturated carbocycles. The molecule has 1 aliphatic rings. The third-order valence-electron chi connectivity index (χ3n) is 4.73. The van der Waals surface area contributed by atoms with Crippen LogP contribution < -0.4 is 15.0 Å². The number of hydrogen-bond acceptors (Lipinski definition) is 4. The van der Waals surface area contributed by atoms with Crippen molar-refractivity contribution in [3.63, 3.8) is 0 Å². The van der Waals surface area contributed by atoms with Crippen LogP contribution >= 0.6 is 27.5 Å². The van der Waals surface area contributed by atoms with E-state index in [1.165, 1.54) is 6.08 Å². The molecular formula is C24H16BrClN2O4. The van der Waals surface area contributed by atoms with Crippen molar-refractivity contribution in [1.29, 1.82) is 0 Å². The van der Waals surface area contributed by atoms with Crippen molar-refractivity contribution in [2.45, 2.75) is 6.61 Å². The molecule has 4 amide bonds. The van der Waals surface area contributed by atoms with Gasteiger partial charge in [-0.15, -0.1) is 0 Å². The van der Waals surface area contributed by atoms with Gasteiger partial charge in [0.25, 0.3) is 11.8 Å². The topological polar surface area (TPSA) is 75.7 Å². The molecule has 0 radical (unpaired) electrons. The molecule has 0 unspecified atom stereocenters. The molecule has 1 saturated heterocycles. The molecule has 0 atom stereocenters. The van der Waals surface area contributed by atoms with Crippen LogP contribution in [0.5, 0.6) is 5.75 Å². The van der Waals surface area contributed by atoms with Gasteiger partial charge in [-0.2, -0.15) is 0 Å². The van der Waals surface area contributed by atoms with Gasteiger partial charge in [-0.1, -0.05) is 57.9 Å². The van der Waals surface area contributed by atoms with Crippen LogP contribution in [0.25, 0.3) is 6.08 Å².